The van der Waals surface area contributed by atoms with E-state index in [-0.39, 0.29) is 17.0 Å². The van der Waals surface area contributed by atoms with Crippen LogP contribution in [-0.4, -0.2) is 32.7 Å². The number of hydrogen-bond acceptors (Lipinski definition) is 4. The van der Waals surface area contributed by atoms with Gasteiger partial charge in [0.25, 0.3) is 0 Å². The molecular formula is C16H19ClN2O3S2. The molecule has 24 heavy (non-hydrogen) atoms. The monoisotopic (exact) mass is 386 g/mol. The van der Waals surface area contributed by atoms with Gasteiger partial charge in [0.05, 0.1) is 21.8 Å². The Morgan fingerprint density at radius 1 is 1.25 bits per heavy atom. The van der Waals surface area contributed by atoms with Gasteiger partial charge in [0.1, 0.15) is 0 Å². The van der Waals surface area contributed by atoms with Crippen LogP contribution in [0.25, 0.3) is 0 Å². The normalized spacial score (nSPS) is 12.7. The Morgan fingerprint density at radius 2 is 1.88 bits per heavy atom. The summed E-state index contributed by atoms with van der Waals surface area (Å²) in [6.07, 6.45) is 1.17. The molecule has 8 heteroatoms. The molecule has 1 atom stereocenters. The minimum absolute atomic E-state index is 0.209. The van der Waals surface area contributed by atoms with Crippen LogP contribution in [0.2, 0.25) is 4.34 Å². The number of urea groups is 1. The molecule has 1 N–H and O–H groups in total. The first-order valence-electron chi connectivity index (χ1n) is 7.22. The summed E-state index contributed by atoms with van der Waals surface area (Å²) in [7, 11) is -1.51. The highest BCUT2D eigenvalue weighted by Gasteiger charge is 2.15. The van der Waals surface area contributed by atoms with E-state index >= 15 is 0 Å². The van der Waals surface area contributed by atoms with E-state index in [1.807, 2.05) is 13.0 Å². The van der Waals surface area contributed by atoms with Gasteiger partial charge in [0.15, 0.2) is 9.84 Å². The second kappa shape index (κ2) is 7.55. The van der Waals surface area contributed by atoms with E-state index in [1.165, 1.54) is 17.6 Å². The standard InChI is InChI=1S/C16H19ClN2O3S2/c1-11(12-4-7-14(8-5-12)24(3,21)22)18-16(20)19(2)10-13-6-9-15(17)23-13/h4-9,11H,10H2,1-3H3,(H,18,20). The fourth-order valence-corrected chi connectivity index (χ4v) is 3.90. The number of hydrogen-bond donors (Lipinski definition) is 1. The number of halogens is 1. The molecule has 130 valence electrons. The lowest BCUT2D eigenvalue weighted by Gasteiger charge is -2.21. The summed E-state index contributed by atoms with van der Waals surface area (Å²) < 4.78 is 23.6. The van der Waals surface area contributed by atoms with Crippen LogP contribution >= 0.6 is 22.9 Å². The number of rotatable bonds is 5. The lowest BCUT2D eigenvalue weighted by atomic mass is 10.1. The maximum Gasteiger partial charge on any atom is 0.317 e. The molecule has 0 aliphatic rings. The Morgan fingerprint density at radius 3 is 2.38 bits per heavy atom. The largest absolute Gasteiger partial charge is 0.331 e. The first-order chi connectivity index (χ1) is 11.2. The number of carbonyl (C=O) groups is 1. The predicted octanol–water partition coefficient (Wildman–Crippen LogP) is 3.71. The van der Waals surface area contributed by atoms with Crippen molar-refractivity contribution in [2.24, 2.45) is 0 Å². The molecule has 0 saturated carbocycles. The third-order valence-corrected chi connectivity index (χ3v) is 5.86. The van der Waals surface area contributed by atoms with E-state index in [1.54, 1.807) is 42.3 Å². The van der Waals surface area contributed by atoms with E-state index in [4.69, 9.17) is 11.6 Å². The van der Waals surface area contributed by atoms with Crippen LogP contribution in [0.5, 0.6) is 0 Å². The van der Waals surface area contributed by atoms with Gasteiger partial charge in [-0.15, -0.1) is 11.3 Å². The molecule has 1 heterocycles. The summed E-state index contributed by atoms with van der Waals surface area (Å²) >= 11 is 7.33. The molecule has 0 bridgehead atoms. The number of thiophene rings is 1. The molecule has 0 spiro atoms. The van der Waals surface area contributed by atoms with Crippen molar-refractivity contribution in [3.63, 3.8) is 0 Å². The highest BCUT2D eigenvalue weighted by molar-refractivity contribution is 7.90. The van der Waals surface area contributed by atoms with Crippen LogP contribution < -0.4 is 5.32 Å². The van der Waals surface area contributed by atoms with Crippen molar-refractivity contribution in [2.75, 3.05) is 13.3 Å². The Bertz CT molecular complexity index is 816. The van der Waals surface area contributed by atoms with Crippen molar-refractivity contribution in [2.45, 2.75) is 24.4 Å². The SMILES string of the molecule is CC(NC(=O)N(C)Cc1ccc(Cl)s1)c1ccc(S(C)(=O)=O)cc1. The lowest BCUT2D eigenvalue weighted by Crippen LogP contribution is -2.38. The van der Waals surface area contributed by atoms with Crippen LogP contribution in [0, 0.1) is 0 Å². The maximum absolute atomic E-state index is 12.3. The average molecular weight is 387 g/mol. The molecule has 2 aromatic rings. The van der Waals surface area contributed by atoms with E-state index in [0.717, 1.165) is 10.4 Å². The summed E-state index contributed by atoms with van der Waals surface area (Å²) in [4.78, 5) is 15.1. The minimum atomic E-state index is -3.22. The lowest BCUT2D eigenvalue weighted by molar-refractivity contribution is 0.204. The molecule has 5 nitrogen and oxygen atoms in total. The molecule has 1 aromatic heterocycles. The third kappa shape index (κ3) is 4.96. The summed E-state index contributed by atoms with van der Waals surface area (Å²) in [5, 5.41) is 2.89. The molecule has 2 rings (SSSR count). The average Bonchev–Trinajstić information content (AvgIpc) is 2.91. The Hall–Kier alpha value is -1.57. The Kier molecular flexibility index (Phi) is 5.90. The molecule has 1 unspecified atom stereocenters. The van der Waals surface area contributed by atoms with E-state index in [9.17, 15) is 13.2 Å². The van der Waals surface area contributed by atoms with Crippen LogP contribution in [0.4, 0.5) is 4.79 Å². The number of nitrogens with zero attached hydrogens (tertiary/aromatic N) is 1. The van der Waals surface area contributed by atoms with Gasteiger partial charge in [0, 0.05) is 18.2 Å². The molecule has 0 saturated heterocycles. The molecular weight excluding hydrogens is 368 g/mol. The second-order valence-corrected chi connectivity index (χ2v) is 9.39. The number of sulfone groups is 1. The zero-order valence-electron chi connectivity index (χ0n) is 13.6. The van der Waals surface area contributed by atoms with Crippen LogP contribution in [-0.2, 0) is 16.4 Å². The summed E-state index contributed by atoms with van der Waals surface area (Å²) in [5.74, 6) is 0. The van der Waals surface area contributed by atoms with Crippen LogP contribution in [0.1, 0.15) is 23.4 Å². The summed E-state index contributed by atoms with van der Waals surface area (Å²) in [6.45, 7) is 2.33. The smallest absolute Gasteiger partial charge is 0.317 e. The topological polar surface area (TPSA) is 66.5 Å². The van der Waals surface area contributed by atoms with Gasteiger partial charge in [-0.05, 0) is 36.8 Å². The van der Waals surface area contributed by atoms with Gasteiger partial charge in [-0.25, -0.2) is 13.2 Å². The fraction of sp³-hybridized carbons (Fsp3) is 0.312. The molecule has 0 aliphatic carbocycles. The van der Waals surface area contributed by atoms with Gasteiger partial charge in [-0.3, -0.25) is 0 Å². The molecule has 2 amide bonds. The first kappa shape index (κ1) is 18.8. The van der Waals surface area contributed by atoms with Crippen molar-refractivity contribution in [1.82, 2.24) is 10.2 Å². The van der Waals surface area contributed by atoms with E-state index in [0.29, 0.717) is 10.9 Å². The van der Waals surface area contributed by atoms with E-state index in [2.05, 4.69) is 5.32 Å². The molecule has 1 aromatic carbocycles. The quantitative estimate of drug-likeness (QED) is 0.851. The molecule has 0 aliphatic heterocycles. The highest BCUT2D eigenvalue weighted by Crippen LogP contribution is 2.22. The van der Waals surface area contributed by atoms with Gasteiger partial charge in [-0.2, -0.15) is 0 Å². The zero-order chi connectivity index (χ0) is 17.9. The molecule has 0 fully saturated rings. The van der Waals surface area contributed by atoms with Crippen molar-refractivity contribution >= 4 is 38.8 Å². The van der Waals surface area contributed by atoms with Gasteiger partial charge >= 0.3 is 6.03 Å². The van der Waals surface area contributed by atoms with Gasteiger partial charge in [0.2, 0.25) is 0 Å². The second-order valence-electron chi connectivity index (χ2n) is 5.57. The van der Waals surface area contributed by atoms with Crippen LogP contribution in [0.3, 0.4) is 0 Å². The maximum atomic E-state index is 12.3. The Labute approximate surface area is 151 Å². The highest BCUT2D eigenvalue weighted by atomic mass is 35.5. The van der Waals surface area contributed by atoms with Crippen molar-refractivity contribution in [1.29, 1.82) is 0 Å². The van der Waals surface area contributed by atoms with Crippen LogP contribution in [0.15, 0.2) is 41.3 Å². The summed E-state index contributed by atoms with van der Waals surface area (Å²) in [6, 6.07) is 9.76. The number of nitrogens with one attached hydrogen (secondary N) is 1. The van der Waals surface area contributed by atoms with Gasteiger partial charge in [-0.1, -0.05) is 23.7 Å². The van der Waals surface area contributed by atoms with Gasteiger partial charge < -0.3 is 10.2 Å². The zero-order valence-corrected chi connectivity index (χ0v) is 16.0. The number of amides is 2. The number of carbonyl (C=O) groups excluding carboxylic acids is 1. The third-order valence-electron chi connectivity index (χ3n) is 3.52. The van der Waals surface area contributed by atoms with Crippen molar-refractivity contribution in [3.8, 4) is 0 Å². The Balaban J connectivity index is 1.97. The predicted molar refractivity (Wildman–Crippen MR) is 97.3 cm³/mol. The number of benzene rings is 1. The summed E-state index contributed by atoms with van der Waals surface area (Å²) in [5.41, 5.74) is 0.836. The van der Waals surface area contributed by atoms with Crippen molar-refractivity contribution in [3.05, 3.63) is 51.2 Å². The fourth-order valence-electron chi connectivity index (χ4n) is 2.12. The van der Waals surface area contributed by atoms with E-state index < -0.39 is 9.84 Å². The minimum Gasteiger partial charge on any atom is -0.331 e. The molecule has 0 radical (unpaired) electrons. The van der Waals surface area contributed by atoms with Crippen molar-refractivity contribution < 1.29 is 13.2 Å². The first-order valence-corrected chi connectivity index (χ1v) is 10.3.